The van der Waals surface area contributed by atoms with E-state index in [4.69, 9.17) is 0 Å². The number of hydrogen-bond acceptors (Lipinski definition) is 3. The maximum absolute atomic E-state index is 12.6. The van der Waals surface area contributed by atoms with Crippen molar-refractivity contribution in [1.29, 1.82) is 0 Å². The van der Waals surface area contributed by atoms with Crippen molar-refractivity contribution in [1.82, 2.24) is 9.88 Å². The molecular formula is C13H18F3N3. The van der Waals surface area contributed by atoms with E-state index in [1.54, 1.807) is 0 Å². The van der Waals surface area contributed by atoms with Gasteiger partial charge in [-0.1, -0.05) is 6.92 Å². The van der Waals surface area contributed by atoms with Crippen molar-refractivity contribution in [2.75, 3.05) is 25.0 Å². The van der Waals surface area contributed by atoms with Crippen LogP contribution in [-0.4, -0.2) is 35.6 Å². The quantitative estimate of drug-likeness (QED) is 0.917. The fourth-order valence-corrected chi connectivity index (χ4v) is 2.29. The molecule has 0 radical (unpaired) electrons. The summed E-state index contributed by atoms with van der Waals surface area (Å²) >= 11 is 0. The molecule has 1 saturated heterocycles. The Bertz CT molecular complexity index is 412. The Hall–Kier alpha value is -1.30. The second-order valence-electron chi connectivity index (χ2n) is 4.78. The molecule has 3 nitrogen and oxygen atoms in total. The van der Waals surface area contributed by atoms with E-state index in [0.717, 1.165) is 44.6 Å². The predicted octanol–water partition coefficient (Wildman–Crippen LogP) is 3.00. The van der Waals surface area contributed by atoms with E-state index >= 15 is 0 Å². The van der Waals surface area contributed by atoms with Crippen molar-refractivity contribution in [2.24, 2.45) is 0 Å². The molecule has 1 fully saturated rings. The topological polar surface area (TPSA) is 28.2 Å². The molecule has 1 aromatic heterocycles. The number of hydrogen-bond donors (Lipinski definition) is 1. The fourth-order valence-electron chi connectivity index (χ4n) is 2.29. The number of anilines is 1. The van der Waals surface area contributed by atoms with Gasteiger partial charge in [0.2, 0.25) is 0 Å². The zero-order valence-electron chi connectivity index (χ0n) is 10.9. The van der Waals surface area contributed by atoms with Crippen LogP contribution in [0.5, 0.6) is 0 Å². The molecule has 2 rings (SSSR count). The van der Waals surface area contributed by atoms with Crippen molar-refractivity contribution in [3.63, 3.8) is 0 Å². The summed E-state index contributed by atoms with van der Waals surface area (Å²) in [6, 6.07) is 2.27. The van der Waals surface area contributed by atoms with Crippen LogP contribution < -0.4 is 5.32 Å². The molecule has 2 heterocycles. The third kappa shape index (κ3) is 3.83. The van der Waals surface area contributed by atoms with Gasteiger partial charge in [0, 0.05) is 25.3 Å². The number of aromatic nitrogens is 1. The average Bonchev–Trinajstić information content (AvgIpc) is 2.39. The van der Waals surface area contributed by atoms with Gasteiger partial charge in [0.1, 0.15) is 5.82 Å². The molecule has 0 amide bonds. The number of halogens is 3. The molecule has 0 bridgehead atoms. The molecule has 0 atom stereocenters. The fraction of sp³-hybridized carbons (Fsp3) is 0.615. The molecular weight excluding hydrogens is 255 g/mol. The lowest BCUT2D eigenvalue weighted by molar-refractivity contribution is -0.137. The van der Waals surface area contributed by atoms with E-state index in [9.17, 15) is 13.2 Å². The third-order valence-electron chi connectivity index (χ3n) is 3.47. The summed E-state index contributed by atoms with van der Waals surface area (Å²) in [5.74, 6) is 0.310. The molecule has 1 N–H and O–H groups in total. The molecule has 1 aliphatic rings. The average molecular weight is 273 g/mol. The van der Waals surface area contributed by atoms with Crippen LogP contribution in [0, 0.1) is 0 Å². The van der Waals surface area contributed by atoms with Gasteiger partial charge in [0.05, 0.1) is 5.56 Å². The van der Waals surface area contributed by atoms with Gasteiger partial charge >= 0.3 is 6.18 Å². The van der Waals surface area contributed by atoms with E-state index in [0.29, 0.717) is 5.82 Å². The number of pyridine rings is 1. The highest BCUT2D eigenvalue weighted by molar-refractivity contribution is 5.39. The highest BCUT2D eigenvalue weighted by atomic mass is 19.4. The highest BCUT2D eigenvalue weighted by Crippen LogP contribution is 2.30. The first-order valence-electron chi connectivity index (χ1n) is 6.51. The Morgan fingerprint density at radius 2 is 2.05 bits per heavy atom. The van der Waals surface area contributed by atoms with Gasteiger partial charge in [-0.3, -0.25) is 0 Å². The van der Waals surface area contributed by atoms with Crippen LogP contribution in [0.25, 0.3) is 0 Å². The van der Waals surface area contributed by atoms with E-state index in [2.05, 4.69) is 22.1 Å². The van der Waals surface area contributed by atoms with Crippen molar-refractivity contribution in [3.05, 3.63) is 23.9 Å². The van der Waals surface area contributed by atoms with Crippen molar-refractivity contribution < 1.29 is 13.2 Å². The normalized spacial score (nSPS) is 18.5. The maximum atomic E-state index is 12.6. The molecule has 6 heteroatoms. The van der Waals surface area contributed by atoms with Gasteiger partial charge in [-0.2, -0.15) is 13.2 Å². The summed E-state index contributed by atoms with van der Waals surface area (Å²) in [5, 5.41) is 3.10. The smallest absolute Gasteiger partial charge is 0.367 e. The summed E-state index contributed by atoms with van der Waals surface area (Å²) in [6.45, 7) is 5.09. The van der Waals surface area contributed by atoms with Crippen molar-refractivity contribution >= 4 is 5.82 Å². The largest absolute Gasteiger partial charge is 0.416 e. The molecule has 19 heavy (non-hydrogen) atoms. The van der Waals surface area contributed by atoms with E-state index in [1.165, 1.54) is 6.20 Å². The third-order valence-corrected chi connectivity index (χ3v) is 3.47. The second-order valence-corrected chi connectivity index (χ2v) is 4.78. The highest BCUT2D eigenvalue weighted by Gasteiger charge is 2.31. The molecule has 0 saturated carbocycles. The van der Waals surface area contributed by atoms with E-state index < -0.39 is 11.7 Å². The molecule has 0 unspecified atom stereocenters. The van der Waals surface area contributed by atoms with Crippen LogP contribution in [0.3, 0.4) is 0 Å². The molecule has 1 aliphatic heterocycles. The summed E-state index contributed by atoms with van der Waals surface area (Å²) in [7, 11) is 0. The molecule has 0 spiro atoms. The standard InChI is InChI=1S/C13H18F3N3/c1-2-19-7-4-11(5-8-19)18-12-9-10(3-6-17-12)13(14,15)16/h3,6,9,11H,2,4-5,7-8H2,1H3,(H,17,18). The second kappa shape index (κ2) is 5.77. The maximum Gasteiger partial charge on any atom is 0.416 e. The minimum atomic E-state index is -4.31. The van der Waals surface area contributed by atoms with Crippen LogP contribution in [0.4, 0.5) is 19.0 Å². The van der Waals surface area contributed by atoms with E-state index in [1.807, 2.05) is 0 Å². The Balaban J connectivity index is 1.97. The first-order chi connectivity index (χ1) is 8.99. The Morgan fingerprint density at radius 1 is 1.37 bits per heavy atom. The van der Waals surface area contributed by atoms with Crippen LogP contribution in [0.2, 0.25) is 0 Å². The number of nitrogens with zero attached hydrogens (tertiary/aromatic N) is 2. The summed E-state index contributed by atoms with van der Waals surface area (Å²) in [5.41, 5.74) is -0.656. The summed E-state index contributed by atoms with van der Waals surface area (Å²) < 4.78 is 37.7. The number of rotatable bonds is 3. The number of likely N-dealkylation sites (tertiary alicyclic amines) is 1. The SMILES string of the molecule is CCN1CCC(Nc2cc(C(F)(F)F)ccn2)CC1. The van der Waals surface area contributed by atoms with Gasteiger partial charge in [0.15, 0.2) is 0 Å². The zero-order chi connectivity index (χ0) is 13.9. The Kier molecular flexibility index (Phi) is 4.29. The van der Waals surface area contributed by atoms with Crippen LogP contribution >= 0.6 is 0 Å². The zero-order valence-corrected chi connectivity index (χ0v) is 10.9. The van der Waals surface area contributed by atoms with Crippen LogP contribution in [-0.2, 0) is 6.18 Å². The molecule has 0 aliphatic carbocycles. The predicted molar refractivity (Wildman–Crippen MR) is 68.0 cm³/mol. The first kappa shape index (κ1) is 14.1. The lowest BCUT2D eigenvalue weighted by Crippen LogP contribution is -2.39. The molecule has 0 aromatic carbocycles. The van der Waals surface area contributed by atoms with Crippen LogP contribution in [0.15, 0.2) is 18.3 Å². The minimum absolute atomic E-state index is 0.207. The Morgan fingerprint density at radius 3 is 2.63 bits per heavy atom. The molecule has 1 aromatic rings. The monoisotopic (exact) mass is 273 g/mol. The van der Waals surface area contributed by atoms with Crippen LogP contribution in [0.1, 0.15) is 25.3 Å². The van der Waals surface area contributed by atoms with Crippen molar-refractivity contribution in [2.45, 2.75) is 32.0 Å². The first-order valence-corrected chi connectivity index (χ1v) is 6.51. The minimum Gasteiger partial charge on any atom is -0.367 e. The van der Waals surface area contributed by atoms with Crippen molar-refractivity contribution in [3.8, 4) is 0 Å². The number of alkyl halides is 3. The summed E-state index contributed by atoms with van der Waals surface area (Å²) in [4.78, 5) is 6.29. The van der Waals surface area contributed by atoms with Gasteiger partial charge in [-0.15, -0.1) is 0 Å². The number of nitrogens with one attached hydrogen (secondary N) is 1. The Labute approximate surface area is 110 Å². The van der Waals surface area contributed by atoms with E-state index in [-0.39, 0.29) is 6.04 Å². The molecule has 106 valence electrons. The van der Waals surface area contributed by atoms with Gasteiger partial charge in [0.25, 0.3) is 0 Å². The number of piperidine rings is 1. The van der Waals surface area contributed by atoms with Gasteiger partial charge < -0.3 is 10.2 Å². The lowest BCUT2D eigenvalue weighted by atomic mass is 10.1. The summed E-state index contributed by atoms with van der Waals surface area (Å²) in [6.07, 6.45) is -1.24. The lowest BCUT2D eigenvalue weighted by Gasteiger charge is -2.31. The van der Waals surface area contributed by atoms with Gasteiger partial charge in [-0.05, 0) is 31.5 Å². The van der Waals surface area contributed by atoms with Gasteiger partial charge in [-0.25, -0.2) is 4.98 Å².